The lowest BCUT2D eigenvalue weighted by Crippen LogP contribution is -2.21. The van der Waals surface area contributed by atoms with Gasteiger partial charge < -0.3 is 9.46 Å². The van der Waals surface area contributed by atoms with E-state index in [1.54, 1.807) is 11.9 Å². The van der Waals surface area contributed by atoms with Gasteiger partial charge in [-0.05, 0) is 64.3 Å². The summed E-state index contributed by atoms with van der Waals surface area (Å²) >= 11 is 1.73. The molecule has 0 fully saturated rings. The molecule has 3 heteroatoms. The average molecular weight is 281 g/mol. The molecule has 0 spiro atoms. The smallest absolute Gasteiger partial charge is 0.0807 e. The zero-order valence-electron chi connectivity index (χ0n) is 13.3. The van der Waals surface area contributed by atoms with E-state index in [1.807, 2.05) is 0 Å². The third-order valence-corrected chi connectivity index (χ3v) is 3.54. The first-order valence-corrected chi connectivity index (χ1v) is 7.90. The normalized spacial score (nSPS) is 13.4. The number of benzene rings is 1. The molecule has 0 radical (unpaired) electrons. The van der Waals surface area contributed by atoms with Gasteiger partial charge in [0, 0.05) is 11.4 Å². The fourth-order valence-corrected chi connectivity index (χ4v) is 2.67. The van der Waals surface area contributed by atoms with Crippen LogP contribution in [0.25, 0.3) is 0 Å². The molecule has 108 valence electrons. The van der Waals surface area contributed by atoms with Gasteiger partial charge in [-0.2, -0.15) is 0 Å². The fraction of sp³-hybridized carbons (Fsp3) is 0.625. The largest absolute Gasteiger partial charge is 0.368 e. The van der Waals surface area contributed by atoms with Gasteiger partial charge in [0.15, 0.2) is 0 Å². The molecule has 19 heavy (non-hydrogen) atoms. The van der Waals surface area contributed by atoms with Crippen LogP contribution in [-0.2, 0) is 4.74 Å². The van der Waals surface area contributed by atoms with Crippen molar-refractivity contribution >= 4 is 17.6 Å². The van der Waals surface area contributed by atoms with Crippen LogP contribution in [0.15, 0.2) is 12.1 Å². The van der Waals surface area contributed by atoms with Gasteiger partial charge in [0.25, 0.3) is 0 Å². The van der Waals surface area contributed by atoms with Gasteiger partial charge in [0.1, 0.15) is 0 Å². The van der Waals surface area contributed by atoms with E-state index in [9.17, 15) is 0 Å². The lowest BCUT2D eigenvalue weighted by molar-refractivity contribution is -0.0531. The Balaban J connectivity index is 3.03. The van der Waals surface area contributed by atoms with Gasteiger partial charge in [0.2, 0.25) is 0 Å². The number of nitrogens with one attached hydrogen (secondary N) is 1. The molecular weight excluding hydrogens is 254 g/mol. The zero-order valence-corrected chi connectivity index (χ0v) is 14.1. The van der Waals surface area contributed by atoms with Crippen molar-refractivity contribution in [3.8, 4) is 0 Å². The highest BCUT2D eigenvalue weighted by molar-refractivity contribution is 8.00. The minimum absolute atomic E-state index is 0.104. The van der Waals surface area contributed by atoms with Crippen molar-refractivity contribution in [2.45, 2.75) is 60.2 Å². The highest BCUT2D eigenvalue weighted by Crippen LogP contribution is 2.31. The van der Waals surface area contributed by atoms with Gasteiger partial charge in [-0.15, -0.1) is 0 Å². The van der Waals surface area contributed by atoms with Crippen molar-refractivity contribution in [1.29, 1.82) is 0 Å². The van der Waals surface area contributed by atoms with Crippen LogP contribution in [0.2, 0.25) is 0 Å². The Morgan fingerprint density at radius 2 is 1.89 bits per heavy atom. The van der Waals surface area contributed by atoms with Gasteiger partial charge in [-0.3, -0.25) is 0 Å². The van der Waals surface area contributed by atoms with Gasteiger partial charge in [0.05, 0.1) is 11.7 Å². The topological polar surface area (TPSA) is 21.3 Å². The number of hydrogen-bond acceptors (Lipinski definition) is 3. The van der Waals surface area contributed by atoms with E-state index >= 15 is 0 Å². The second-order valence-electron chi connectivity index (χ2n) is 5.93. The molecule has 1 rings (SSSR count). The second kappa shape index (κ2) is 6.67. The molecule has 0 aliphatic heterocycles. The Morgan fingerprint density at radius 1 is 1.26 bits per heavy atom. The summed E-state index contributed by atoms with van der Waals surface area (Å²) in [5.41, 5.74) is 4.90. The summed E-state index contributed by atoms with van der Waals surface area (Å²) in [6, 6.07) is 4.43. The maximum atomic E-state index is 6.08. The third kappa shape index (κ3) is 5.07. The van der Waals surface area contributed by atoms with Crippen LogP contribution in [0.1, 0.15) is 57.4 Å². The molecule has 0 heterocycles. The SMILES string of the molecule is CCSNc1cc(C)cc(C(C)OC(C)(C)C)c1C. The molecular formula is C16H27NOS. The minimum atomic E-state index is -0.124. The molecule has 0 saturated heterocycles. The number of aryl methyl sites for hydroxylation is 1. The summed E-state index contributed by atoms with van der Waals surface area (Å²) in [4.78, 5) is 0. The van der Waals surface area contributed by atoms with Crippen LogP contribution in [0, 0.1) is 13.8 Å². The van der Waals surface area contributed by atoms with Crippen molar-refractivity contribution in [1.82, 2.24) is 0 Å². The van der Waals surface area contributed by atoms with Crippen molar-refractivity contribution in [2.24, 2.45) is 0 Å². The highest BCUT2D eigenvalue weighted by Gasteiger charge is 2.19. The summed E-state index contributed by atoms with van der Waals surface area (Å²) in [5, 5.41) is 0. The summed E-state index contributed by atoms with van der Waals surface area (Å²) in [6.07, 6.45) is 0.104. The van der Waals surface area contributed by atoms with Crippen LogP contribution in [0.3, 0.4) is 0 Å². The van der Waals surface area contributed by atoms with Crippen LogP contribution in [0.4, 0.5) is 5.69 Å². The maximum Gasteiger partial charge on any atom is 0.0807 e. The maximum absolute atomic E-state index is 6.08. The van der Waals surface area contributed by atoms with Crippen molar-refractivity contribution < 1.29 is 4.74 Å². The molecule has 0 aliphatic rings. The average Bonchev–Trinajstić information content (AvgIpc) is 2.27. The van der Waals surface area contributed by atoms with Crippen molar-refractivity contribution in [2.75, 3.05) is 10.5 Å². The highest BCUT2D eigenvalue weighted by atomic mass is 32.2. The molecule has 2 nitrogen and oxygen atoms in total. The van der Waals surface area contributed by atoms with Crippen LogP contribution < -0.4 is 4.72 Å². The van der Waals surface area contributed by atoms with E-state index in [-0.39, 0.29) is 11.7 Å². The molecule has 0 aliphatic carbocycles. The Hall–Kier alpha value is -0.670. The van der Waals surface area contributed by atoms with E-state index in [4.69, 9.17) is 4.74 Å². The summed E-state index contributed by atoms with van der Waals surface area (Å²) in [6.45, 7) is 14.9. The van der Waals surface area contributed by atoms with Crippen LogP contribution >= 0.6 is 11.9 Å². The molecule has 0 bridgehead atoms. The Bertz CT molecular complexity index is 423. The van der Waals surface area contributed by atoms with Crippen molar-refractivity contribution in [3.05, 3.63) is 28.8 Å². The van der Waals surface area contributed by atoms with E-state index < -0.39 is 0 Å². The Labute approximate surface area is 122 Å². The van der Waals surface area contributed by atoms with E-state index in [0.717, 1.165) is 5.75 Å². The molecule has 1 aromatic rings. The Morgan fingerprint density at radius 3 is 2.42 bits per heavy atom. The van der Waals surface area contributed by atoms with Gasteiger partial charge in [-0.25, -0.2) is 0 Å². The first-order valence-electron chi connectivity index (χ1n) is 6.91. The third-order valence-electron chi connectivity index (χ3n) is 2.89. The van der Waals surface area contributed by atoms with Gasteiger partial charge >= 0.3 is 0 Å². The van der Waals surface area contributed by atoms with E-state index in [0.29, 0.717) is 0 Å². The lowest BCUT2D eigenvalue weighted by Gasteiger charge is -2.27. The molecule has 1 unspecified atom stereocenters. The summed E-state index contributed by atoms with van der Waals surface area (Å²) in [5.74, 6) is 1.05. The molecule has 0 saturated carbocycles. The molecule has 1 atom stereocenters. The minimum Gasteiger partial charge on any atom is -0.368 e. The first kappa shape index (κ1) is 16.4. The van der Waals surface area contributed by atoms with Crippen molar-refractivity contribution in [3.63, 3.8) is 0 Å². The fourth-order valence-electron chi connectivity index (χ4n) is 2.16. The molecule has 1 N–H and O–H groups in total. The summed E-state index contributed by atoms with van der Waals surface area (Å²) in [7, 11) is 0. The number of ether oxygens (including phenoxy) is 1. The zero-order chi connectivity index (χ0) is 14.6. The Kier molecular flexibility index (Phi) is 5.75. The predicted octanol–water partition coefficient (Wildman–Crippen LogP) is 5.26. The quantitative estimate of drug-likeness (QED) is 0.744. The lowest BCUT2D eigenvalue weighted by atomic mass is 9.99. The second-order valence-corrected chi connectivity index (χ2v) is 7.00. The monoisotopic (exact) mass is 281 g/mol. The van der Waals surface area contributed by atoms with Gasteiger partial charge in [-0.1, -0.05) is 24.9 Å². The van der Waals surface area contributed by atoms with Crippen LogP contribution in [-0.4, -0.2) is 11.4 Å². The number of rotatable bonds is 5. The standard InChI is InChI=1S/C16H27NOS/c1-8-19-17-15-10-11(2)9-14(12(15)3)13(4)18-16(5,6)7/h9-10,13,17H,8H2,1-7H3. The number of anilines is 1. The predicted molar refractivity (Wildman–Crippen MR) is 86.9 cm³/mol. The summed E-state index contributed by atoms with van der Waals surface area (Å²) < 4.78 is 9.51. The van der Waals surface area contributed by atoms with Crippen LogP contribution in [0.5, 0.6) is 0 Å². The number of hydrogen-bond donors (Lipinski definition) is 1. The molecule has 0 aromatic heterocycles. The first-order chi connectivity index (χ1) is 8.74. The van der Waals surface area contributed by atoms with E-state index in [1.165, 1.54) is 22.4 Å². The molecule has 1 aromatic carbocycles. The van der Waals surface area contributed by atoms with E-state index in [2.05, 4.69) is 65.3 Å². The molecule has 0 amide bonds.